The van der Waals surface area contributed by atoms with E-state index in [9.17, 15) is 13.2 Å². The number of ether oxygens (including phenoxy) is 2. The fourth-order valence-corrected chi connectivity index (χ4v) is 4.37. The molecule has 2 heterocycles. The Morgan fingerprint density at radius 1 is 1.19 bits per heavy atom. The molecule has 0 saturated carbocycles. The lowest BCUT2D eigenvalue weighted by Crippen LogP contribution is -2.33. The maximum absolute atomic E-state index is 12.4. The number of rotatable bonds is 7. The zero-order valence-corrected chi connectivity index (χ0v) is 18.2. The van der Waals surface area contributed by atoms with Crippen LogP contribution in [0.1, 0.15) is 5.56 Å². The standard InChI is InChI=1S/C21H19N3O5S2/c1-24(31(26,27)10-9-15-5-3-2-4-6-15)12-20(25)23-21-22-17(13-30-21)16-7-8-18-19(11-16)29-14-28-18/h2-11,13H,12,14H2,1H3,(H,22,23,25). The molecule has 0 fully saturated rings. The van der Waals surface area contributed by atoms with Crippen molar-refractivity contribution in [2.24, 2.45) is 0 Å². The Morgan fingerprint density at radius 2 is 1.97 bits per heavy atom. The fourth-order valence-electron chi connectivity index (χ4n) is 2.80. The lowest BCUT2D eigenvalue weighted by molar-refractivity contribution is -0.116. The number of carbonyl (C=O) groups is 1. The second-order valence-corrected chi connectivity index (χ2v) is 9.45. The van der Waals surface area contributed by atoms with Gasteiger partial charge in [0.05, 0.1) is 12.2 Å². The van der Waals surface area contributed by atoms with Gasteiger partial charge in [0.25, 0.3) is 0 Å². The predicted molar refractivity (Wildman–Crippen MR) is 119 cm³/mol. The van der Waals surface area contributed by atoms with Crippen LogP contribution in [0.3, 0.4) is 0 Å². The van der Waals surface area contributed by atoms with E-state index < -0.39 is 15.9 Å². The van der Waals surface area contributed by atoms with Gasteiger partial charge in [0, 0.05) is 23.4 Å². The van der Waals surface area contributed by atoms with Crippen LogP contribution in [0.15, 0.2) is 59.3 Å². The van der Waals surface area contributed by atoms with Crippen LogP contribution in [0.25, 0.3) is 17.3 Å². The number of amides is 1. The summed E-state index contributed by atoms with van der Waals surface area (Å²) in [5.74, 6) is 0.843. The monoisotopic (exact) mass is 457 g/mol. The molecule has 1 aliphatic heterocycles. The number of nitrogens with zero attached hydrogens (tertiary/aromatic N) is 2. The van der Waals surface area contributed by atoms with Crippen LogP contribution in [0.4, 0.5) is 5.13 Å². The Bertz CT molecular complexity index is 1220. The quantitative estimate of drug-likeness (QED) is 0.584. The van der Waals surface area contributed by atoms with Crippen LogP contribution in [-0.2, 0) is 14.8 Å². The van der Waals surface area contributed by atoms with Gasteiger partial charge in [0.1, 0.15) is 0 Å². The van der Waals surface area contributed by atoms with Crippen molar-refractivity contribution in [2.45, 2.75) is 0 Å². The van der Waals surface area contributed by atoms with Gasteiger partial charge in [0.15, 0.2) is 16.6 Å². The summed E-state index contributed by atoms with van der Waals surface area (Å²) < 4.78 is 36.4. The number of anilines is 1. The zero-order valence-electron chi connectivity index (χ0n) is 16.5. The third kappa shape index (κ3) is 5.10. The number of sulfonamides is 1. The van der Waals surface area contributed by atoms with E-state index >= 15 is 0 Å². The normalized spacial score (nSPS) is 13.1. The fraction of sp³-hybridized carbons (Fsp3) is 0.143. The summed E-state index contributed by atoms with van der Waals surface area (Å²) in [6.45, 7) is -0.144. The highest BCUT2D eigenvalue weighted by molar-refractivity contribution is 7.92. The van der Waals surface area contributed by atoms with Gasteiger partial charge >= 0.3 is 0 Å². The molecule has 1 amide bonds. The second kappa shape index (κ2) is 8.88. The van der Waals surface area contributed by atoms with E-state index in [-0.39, 0.29) is 13.3 Å². The number of thiazole rings is 1. The van der Waals surface area contributed by atoms with E-state index in [1.54, 1.807) is 23.6 Å². The molecular weight excluding hydrogens is 438 g/mol. The Balaban J connectivity index is 1.37. The number of carbonyl (C=O) groups excluding carboxylic acids is 1. The van der Waals surface area contributed by atoms with Crippen LogP contribution in [-0.4, -0.2) is 44.0 Å². The van der Waals surface area contributed by atoms with Crippen LogP contribution < -0.4 is 14.8 Å². The summed E-state index contributed by atoms with van der Waals surface area (Å²) in [5.41, 5.74) is 2.25. The van der Waals surface area contributed by atoms with E-state index in [0.29, 0.717) is 22.3 Å². The molecule has 0 radical (unpaired) electrons. The van der Waals surface area contributed by atoms with Gasteiger partial charge < -0.3 is 14.8 Å². The number of hydrogen-bond donors (Lipinski definition) is 1. The maximum Gasteiger partial charge on any atom is 0.241 e. The molecule has 0 saturated heterocycles. The van der Waals surface area contributed by atoms with Crippen molar-refractivity contribution in [2.75, 3.05) is 25.7 Å². The summed E-state index contributed by atoms with van der Waals surface area (Å²) in [7, 11) is -2.39. The minimum atomic E-state index is -3.74. The third-order valence-corrected chi connectivity index (χ3v) is 6.69. The van der Waals surface area contributed by atoms with Crippen molar-refractivity contribution in [3.05, 3.63) is 64.9 Å². The lowest BCUT2D eigenvalue weighted by Gasteiger charge is -2.13. The van der Waals surface area contributed by atoms with E-state index in [4.69, 9.17) is 9.47 Å². The van der Waals surface area contributed by atoms with Gasteiger partial charge in [-0.15, -0.1) is 11.3 Å². The molecule has 0 aliphatic carbocycles. The summed E-state index contributed by atoms with van der Waals surface area (Å²) in [6.07, 6.45) is 1.49. The molecule has 4 rings (SSSR count). The van der Waals surface area contributed by atoms with Crippen LogP contribution in [0.5, 0.6) is 11.5 Å². The van der Waals surface area contributed by atoms with E-state index in [1.165, 1.54) is 24.5 Å². The zero-order chi connectivity index (χ0) is 21.8. The molecule has 3 aromatic rings. The van der Waals surface area contributed by atoms with Gasteiger partial charge in [-0.25, -0.2) is 13.4 Å². The van der Waals surface area contributed by atoms with Crippen molar-refractivity contribution >= 4 is 38.5 Å². The smallest absolute Gasteiger partial charge is 0.241 e. The second-order valence-electron chi connectivity index (χ2n) is 6.67. The largest absolute Gasteiger partial charge is 0.454 e. The molecule has 0 bridgehead atoms. The number of nitrogens with one attached hydrogen (secondary N) is 1. The average Bonchev–Trinajstić information content (AvgIpc) is 3.41. The number of aromatic nitrogens is 1. The van der Waals surface area contributed by atoms with Crippen molar-refractivity contribution in [3.8, 4) is 22.8 Å². The lowest BCUT2D eigenvalue weighted by atomic mass is 10.1. The number of fused-ring (bicyclic) bond motifs is 1. The molecular formula is C21H19N3O5S2. The first kappa shape index (κ1) is 21.0. The Kier molecular flexibility index (Phi) is 6.03. The SMILES string of the molecule is CN(CC(=O)Nc1nc(-c2ccc3c(c2)OCO3)cs1)S(=O)(=O)C=Cc1ccccc1. The summed E-state index contributed by atoms with van der Waals surface area (Å²) in [6, 6.07) is 14.5. The van der Waals surface area contributed by atoms with Crippen LogP contribution in [0.2, 0.25) is 0 Å². The predicted octanol–water partition coefficient (Wildman–Crippen LogP) is 3.41. The minimum Gasteiger partial charge on any atom is -0.454 e. The van der Waals surface area contributed by atoms with Crippen molar-refractivity contribution in [1.82, 2.24) is 9.29 Å². The Hall–Kier alpha value is -3.21. The van der Waals surface area contributed by atoms with Gasteiger partial charge in [-0.1, -0.05) is 30.3 Å². The molecule has 0 atom stereocenters. The summed E-state index contributed by atoms with van der Waals surface area (Å²) in [5, 5.41) is 5.90. The first-order valence-corrected chi connectivity index (χ1v) is 11.6. The minimum absolute atomic E-state index is 0.189. The van der Waals surface area contributed by atoms with Gasteiger partial charge in [-0.05, 0) is 29.8 Å². The van der Waals surface area contributed by atoms with E-state index in [1.807, 2.05) is 30.3 Å². The highest BCUT2D eigenvalue weighted by Crippen LogP contribution is 2.36. The third-order valence-electron chi connectivity index (χ3n) is 4.45. The van der Waals surface area contributed by atoms with E-state index in [0.717, 1.165) is 20.8 Å². The topological polar surface area (TPSA) is 97.8 Å². The molecule has 160 valence electrons. The van der Waals surface area contributed by atoms with Crippen molar-refractivity contribution < 1.29 is 22.7 Å². The van der Waals surface area contributed by atoms with Gasteiger partial charge in [0.2, 0.25) is 22.7 Å². The van der Waals surface area contributed by atoms with Gasteiger partial charge in [-0.3, -0.25) is 4.79 Å². The first-order chi connectivity index (χ1) is 14.9. The molecule has 31 heavy (non-hydrogen) atoms. The average molecular weight is 458 g/mol. The highest BCUT2D eigenvalue weighted by Gasteiger charge is 2.19. The Labute approximate surface area is 183 Å². The molecule has 10 heteroatoms. The molecule has 0 unspecified atom stereocenters. The molecule has 2 aromatic carbocycles. The van der Waals surface area contributed by atoms with Crippen molar-refractivity contribution in [1.29, 1.82) is 0 Å². The molecule has 1 aromatic heterocycles. The van der Waals surface area contributed by atoms with Crippen LogP contribution >= 0.6 is 11.3 Å². The maximum atomic E-state index is 12.4. The molecule has 0 spiro atoms. The summed E-state index contributed by atoms with van der Waals surface area (Å²) >= 11 is 1.25. The molecule has 8 nitrogen and oxygen atoms in total. The van der Waals surface area contributed by atoms with E-state index in [2.05, 4.69) is 10.3 Å². The Morgan fingerprint density at radius 3 is 2.77 bits per heavy atom. The van der Waals surface area contributed by atoms with Gasteiger partial charge in [-0.2, -0.15) is 4.31 Å². The number of hydrogen-bond acceptors (Lipinski definition) is 7. The highest BCUT2D eigenvalue weighted by atomic mass is 32.2. The number of likely N-dealkylation sites (N-methyl/N-ethyl adjacent to an activating group) is 1. The number of benzene rings is 2. The first-order valence-electron chi connectivity index (χ1n) is 9.25. The summed E-state index contributed by atoms with van der Waals surface area (Å²) in [4.78, 5) is 16.7. The van der Waals surface area contributed by atoms with Crippen LogP contribution in [0, 0.1) is 0 Å². The molecule has 1 aliphatic rings. The molecule has 1 N–H and O–H groups in total. The van der Waals surface area contributed by atoms with Crippen molar-refractivity contribution in [3.63, 3.8) is 0 Å².